The Kier molecular flexibility index (Phi) is 6.62. The van der Waals surface area contributed by atoms with E-state index in [-0.39, 0.29) is 22.2 Å². The van der Waals surface area contributed by atoms with Crippen LogP contribution in [0.4, 0.5) is 0 Å². The van der Waals surface area contributed by atoms with Crippen molar-refractivity contribution >= 4 is 17.8 Å². The van der Waals surface area contributed by atoms with Crippen molar-refractivity contribution < 1.29 is 14.3 Å². The third kappa shape index (κ3) is 4.10. The Bertz CT molecular complexity index is 1250. The molecule has 3 unspecified atom stereocenters. The normalized spacial score (nSPS) is 43.1. The van der Waals surface area contributed by atoms with Gasteiger partial charge in [0.25, 0.3) is 0 Å². The third-order valence-corrected chi connectivity index (χ3v) is 14.1. The molecule has 0 radical (unpaired) electrons. The lowest BCUT2D eigenvalue weighted by atomic mass is 9.33. The molecule has 0 aliphatic heterocycles. The molecule has 0 amide bonds. The molecule has 3 nitrogen and oxygen atoms in total. The van der Waals surface area contributed by atoms with Gasteiger partial charge in [0.15, 0.2) is 0 Å². The Morgan fingerprint density at radius 1 is 0.829 bits per heavy atom. The van der Waals surface area contributed by atoms with Crippen molar-refractivity contribution in [1.82, 2.24) is 0 Å². The molecule has 5 aliphatic carbocycles. The molecule has 4 saturated carbocycles. The number of hydrogen-bond acceptors (Lipinski definition) is 3. The second kappa shape index (κ2) is 9.30. The van der Waals surface area contributed by atoms with Crippen molar-refractivity contribution in [3.05, 3.63) is 41.5 Å². The predicted molar refractivity (Wildman–Crippen MR) is 166 cm³/mol. The average molecular weight is 559 g/mol. The number of esters is 1. The summed E-state index contributed by atoms with van der Waals surface area (Å²) in [5.74, 6) is 2.40. The zero-order valence-corrected chi connectivity index (χ0v) is 27.1. The quantitative estimate of drug-likeness (QED) is 0.274. The maximum Gasteiger partial charge on any atom is 0.338 e. The highest BCUT2D eigenvalue weighted by Crippen LogP contribution is 2.76. The molecular weight excluding hydrogens is 504 g/mol. The number of hydrogen-bond donors (Lipinski definition) is 0. The average Bonchev–Trinajstić information content (AvgIpc) is 3.33. The van der Waals surface area contributed by atoms with Crippen molar-refractivity contribution in [2.45, 2.75) is 125 Å². The van der Waals surface area contributed by atoms with Crippen molar-refractivity contribution in [2.75, 3.05) is 0 Å². The van der Waals surface area contributed by atoms with Gasteiger partial charge in [-0.25, -0.2) is 4.79 Å². The van der Waals surface area contributed by atoms with Crippen LogP contribution < -0.4 is 0 Å². The smallest absolute Gasteiger partial charge is 0.338 e. The molecule has 0 aromatic heterocycles. The molecule has 0 saturated heterocycles. The first-order chi connectivity index (χ1) is 19.1. The summed E-state index contributed by atoms with van der Waals surface area (Å²) in [5, 5.41) is 0. The third-order valence-electron chi connectivity index (χ3n) is 14.1. The van der Waals surface area contributed by atoms with Crippen LogP contribution in [0.25, 0.3) is 5.57 Å². The molecule has 0 N–H and O–H groups in total. The van der Waals surface area contributed by atoms with E-state index in [1.54, 1.807) is 0 Å². The number of benzene rings is 1. The Balaban J connectivity index is 1.29. The van der Waals surface area contributed by atoms with Gasteiger partial charge in [-0.05, 0) is 147 Å². The lowest BCUT2D eigenvalue weighted by molar-refractivity contribution is -0.220. The van der Waals surface area contributed by atoms with Gasteiger partial charge in [-0.15, -0.1) is 0 Å². The van der Waals surface area contributed by atoms with E-state index in [1.807, 2.05) is 32.9 Å². The van der Waals surface area contributed by atoms with Gasteiger partial charge in [0.2, 0.25) is 0 Å². The first-order valence-electron chi connectivity index (χ1n) is 16.6. The number of ether oxygens (including phenoxy) is 1. The van der Waals surface area contributed by atoms with Crippen LogP contribution in [0.2, 0.25) is 0 Å². The van der Waals surface area contributed by atoms with Crippen LogP contribution in [-0.2, 0) is 9.53 Å². The minimum absolute atomic E-state index is 0.0159. The molecule has 1 aromatic rings. The van der Waals surface area contributed by atoms with Gasteiger partial charge < -0.3 is 9.53 Å². The second-order valence-electron chi connectivity index (χ2n) is 17.1. The molecule has 0 heterocycles. The van der Waals surface area contributed by atoms with E-state index in [0.29, 0.717) is 40.1 Å². The SMILES string of the molecule is CC(C)(C)OC(=O)c1ccc(C2=CC[C@@]3(C)C(CC[C@]4(C)C3CC[C@@H]3C5CCC[C@]5(C=O)CC[C@]34C)C2(C)C)cc1. The Hall–Kier alpha value is -1.90. The van der Waals surface area contributed by atoms with Gasteiger partial charge >= 0.3 is 5.97 Å². The van der Waals surface area contributed by atoms with Gasteiger partial charge in [-0.1, -0.05) is 59.2 Å². The van der Waals surface area contributed by atoms with E-state index in [9.17, 15) is 9.59 Å². The molecule has 8 atom stereocenters. The van der Waals surface area contributed by atoms with E-state index in [1.165, 1.54) is 62.4 Å². The minimum Gasteiger partial charge on any atom is -0.456 e. The summed E-state index contributed by atoms with van der Waals surface area (Å²) in [7, 11) is 0. The summed E-state index contributed by atoms with van der Waals surface area (Å²) < 4.78 is 5.60. The van der Waals surface area contributed by atoms with Crippen LogP contribution in [0.15, 0.2) is 30.3 Å². The van der Waals surface area contributed by atoms with Crippen molar-refractivity contribution in [3.63, 3.8) is 0 Å². The van der Waals surface area contributed by atoms with E-state index in [0.717, 1.165) is 19.3 Å². The Morgan fingerprint density at radius 2 is 1.54 bits per heavy atom. The van der Waals surface area contributed by atoms with Crippen LogP contribution in [0.1, 0.15) is 136 Å². The van der Waals surface area contributed by atoms with Crippen molar-refractivity contribution in [3.8, 4) is 0 Å². The molecule has 4 fully saturated rings. The summed E-state index contributed by atoms with van der Waals surface area (Å²) in [6.45, 7) is 18.7. The largest absolute Gasteiger partial charge is 0.456 e. The standard InChI is InChI=1S/C38H54O3/c1-33(2,3)41-32(40)26-13-11-25(12-14-26)27-17-20-35(6)30(34(27,4)5)18-21-37(8)31(35)16-15-28-29-10-9-19-38(29,24-39)23-22-36(28,37)7/h11-14,17,24,28-31H,9-10,15-16,18-23H2,1-8H3/t28-,29?,30?,31?,35+,36-,37-,38-/m1/s1. The van der Waals surface area contributed by atoms with Crippen LogP contribution >= 0.6 is 0 Å². The number of rotatable bonds is 3. The fourth-order valence-electron chi connectivity index (χ4n) is 12.0. The maximum absolute atomic E-state index is 12.6. The van der Waals surface area contributed by atoms with Crippen LogP contribution in [0.5, 0.6) is 0 Å². The Morgan fingerprint density at radius 3 is 2.20 bits per heavy atom. The van der Waals surface area contributed by atoms with Crippen molar-refractivity contribution in [2.24, 2.45) is 50.7 Å². The fourth-order valence-corrected chi connectivity index (χ4v) is 12.0. The molecule has 41 heavy (non-hydrogen) atoms. The molecule has 6 rings (SSSR count). The maximum atomic E-state index is 12.6. The summed E-state index contributed by atoms with van der Waals surface area (Å²) in [6.07, 6.45) is 16.3. The van der Waals surface area contributed by atoms with Gasteiger partial charge in [0, 0.05) is 5.41 Å². The van der Waals surface area contributed by atoms with Crippen LogP contribution in [0, 0.1) is 50.7 Å². The van der Waals surface area contributed by atoms with Gasteiger partial charge in [0.05, 0.1) is 5.56 Å². The van der Waals surface area contributed by atoms with E-state index in [2.05, 4.69) is 52.8 Å². The van der Waals surface area contributed by atoms with E-state index < -0.39 is 5.60 Å². The number of fused-ring (bicyclic) bond motifs is 7. The highest BCUT2D eigenvalue weighted by Gasteiger charge is 2.69. The topological polar surface area (TPSA) is 43.4 Å². The molecule has 5 aliphatic rings. The summed E-state index contributed by atoms with van der Waals surface area (Å²) in [6, 6.07) is 8.16. The molecule has 0 spiro atoms. The van der Waals surface area contributed by atoms with Gasteiger partial charge in [-0.2, -0.15) is 0 Å². The number of allylic oxidation sites excluding steroid dienone is 2. The molecule has 1 aromatic carbocycles. The van der Waals surface area contributed by atoms with Gasteiger partial charge in [-0.3, -0.25) is 0 Å². The predicted octanol–water partition coefficient (Wildman–Crippen LogP) is 9.69. The van der Waals surface area contributed by atoms with Crippen LogP contribution in [0.3, 0.4) is 0 Å². The highest BCUT2D eigenvalue weighted by molar-refractivity contribution is 5.90. The first kappa shape index (κ1) is 29.2. The molecule has 0 bridgehead atoms. The lowest BCUT2D eigenvalue weighted by Gasteiger charge is -2.72. The highest BCUT2D eigenvalue weighted by atomic mass is 16.6. The number of carbonyl (C=O) groups excluding carboxylic acids is 2. The van der Waals surface area contributed by atoms with E-state index in [4.69, 9.17) is 4.74 Å². The van der Waals surface area contributed by atoms with Crippen molar-refractivity contribution in [1.29, 1.82) is 0 Å². The van der Waals surface area contributed by atoms with E-state index >= 15 is 0 Å². The second-order valence-corrected chi connectivity index (χ2v) is 17.1. The lowest BCUT2D eigenvalue weighted by Crippen LogP contribution is -2.65. The zero-order chi connectivity index (χ0) is 29.6. The summed E-state index contributed by atoms with van der Waals surface area (Å²) in [5.41, 5.74) is 3.79. The first-order valence-corrected chi connectivity index (χ1v) is 16.6. The minimum atomic E-state index is -0.494. The molecule has 224 valence electrons. The fraction of sp³-hybridized carbons (Fsp3) is 0.737. The van der Waals surface area contributed by atoms with Gasteiger partial charge in [0.1, 0.15) is 11.9 Å². The summed E-state index contributed by atoms with van der Waals surface area (Å²) in [4.78, 5) is 25.1. The monoisotopic (exact) mass is 558 g/mol. The molecule has 3 heteroatoms. The summed E-state index contributed by atoms with van der Waals surface area (Å²) >= 11 is 0. The zero-order valence-electron chi connectivity index (χ0n) is 27.1. The molecular formula is C38H54O3. The Labute approximate surface area is 249 Å². The number of carbonyl (C=O) groups is 2. The van der Waals surface area contributed by atoms with Crippen LogP contribution in [-0.4, -0.2) is 17.9 Å². The number of aldehydes is 1.